The van der Waals surface area contributed by atoms with E-state index < -0.39 is 0 Å². The van der Waals surface area contributed by atoms with Crippen molar-refractivity contribution in [1.82, 2.24) is 15.0 Å². The van der Waals surface area contributed by atoms with Crippen molar-refractivity contribution in [3.63, 3.8) is 0 Å². The average Bonchev–Trinajstić information content (AvgIpc) is 2.55. The zero-order chi connectivity index (χ0) is 13.8. The van der Waals surface area contributed by atoms with Crippen molar-refractivity contribution in [1.29, 1.82) is 0 Å². The minimum absolute atomic E-state index is 0.829. The molecule has 0 aliphatic heterocycles. The molecule has 0 atom stereocenters. The smallest absolute Gasteiger partial charge is 0.116 e. The summed E-state index contributed by atoms with van der Waals surface area (Å²) in [7, 11) is 1.31. The molecule has 3 heterocycles. The van der Waals surface area contributed by atoms with Crippen molar-refractivity contribution in [2.45, 2.75) is 5.03 Å². The van der Waals surface area contributed by atoms with Gasteiger partial charge in [-0.3, -0.25) is 9.97 Å². The number of thiol groups is 1. The first-order valence-electron chi connectivity index (χ1n) is 6.03. The Balaban J connectivity index is 2.26. The quantitative estimate of drug-likeness (QED) is 0.582. The van der Waals surface area contributed by atoms with E-state index in [1.807, 2.05) is 42.5 Å². The Morgan fingerprint density at radius 1 is 0.750 bits per heavy atom. The molecule has 0 unspecified atom stereocenters. The predicted molar refractivity (Wildman–Crippen MR) is 85.5 cm³/mol. The van der Waals surface area contributed by atoms with Gasteiger partial charge in [-0.2, -0.15) is 0 Å². The zero-order valence-corrected chi connectivity index (χ0v) is 12.2. The van der Waals surface area contributed by atoms with Crippen molar-refractivity contribution in [2.75, 3.05) is 0 Å². The third kappa shape index (κ3) is 2.55. The van der Waals surface area contributed by atoms with Crippen LogP contribution >= 0.6 is 22.5 Å². The van der Waals surface area contributed by atoms with Crippen molar-refractivity contribution < 1.29 is 0 Å². The van der Waals surface area contributed by atoms with Crippen LogP contribution in [0.2, 0.25) is 0 Å². The largest absolute Gasteiger partial charge is 0.256 e. The summed E-state index contributed by atoms with van der Waals surface area (Å²) < 4.78 is 0. The van der Waals surface area contributed by atoms with Gasteiger partial charge in [0.25, 0.3) is 0 Å². The molecule has 0 saturated carbocycles. The topological polar surface area (TPSA) is 38.7 Å². The fourth-order valence-electron chi connectivity index (χ4n) is 2.01. The van der Waals surface area contributed by atoms with Crippen LogP contribution in [0.1, 0.15) is 0 Å². The molecular weight excluding hydrogens is 286 g/mol. The highest BCUT2D eigenvalue weighted by Gasteiger charge is 2.14. The monoisotopic (exact) mass is 297 g/mol. The summed E-state index contributed by atoms with van der Waals surface area (Å²) in [6.45, 7) is 0. The lowest BCUT2D eigenvalue weighted by Crippen LogP contribution is -1.93. The number of aromatic nitrogens is 3. The van der Waals surface area contributed by atoms with E-state index in [4.69, 9.17) is 0 Å². The van der Waals surface area contributed by atoms with Gasteiger partial charge in [0.15, 0.2) is 0 Å². The molecule has 3 rings (SSSR count). The summed E-state index contributed by atoms with van der Waals surface area (Å²) in [5.41, 5.74) is 3.75. The lowest BCUT2D eigenvalue weighted by atomic mass is 10.0. The van der Waals surface area contributed by atoms with Crippen LogP contribution in [0.5, 0.6) is 0 Å². The van der Waals surface area contributed by atoms with Gasteiger partial charge in [-0.25, -0.2) is 4.98 Å². The van der Waals surface area contributed by atoms with E-state index in [0.29, 0.717) is 0 Å². The van der Waals surface area contributed by atoms with E-state index in [1.54, 1.807) is 18.6 Å². The molecule has 3 nitrogen and oxygen atoms in total. The summed E-state index contributed by atoms with van der Waals surface area (Å²) in [5, 5.41) is 0.829. The zero-order valence-electron chi connectivity index (χ0n) is 10.5. The fraction of sp³-hybridized carbons (Fsp3) is 0. The third-order valence-corrected chi connectivity index (χ3v) is 3.87. The highest BCUT2D eigenvalue weighted by Crippen LogP contribution is 2.37. The highest BCUT2D eigenvalue weighted by atomic mass is 33.1. The van der Waals surface area contributed by atoms with E-state index in [1.165, 1.54) is 10.8 Å². The molecule has 0 aliphatic rings. The molecule has 0 radical (unpaired) electrons. The van der Waals surface area contributed by atoms with E-state index in [0.717, 1.165) is 27.5 Å². The highest BCUT2D eigenvalue weighted by molar-refractivity contribution is 8.68. The summed E-state index contributed by atoms with van der Waals surface area (Å²) in [4.78, 5) is 13.2. The van der Waals surface area contributed by atoms with Gasteiger partial charge in [-0.15, -0.1) is 11.7 Å². The molecule has 0 aromatic carbocycles. The molecule has 98 valence electrons. The van der Waals surface area contributed by atoms with E-state index in [-0.39, 0.29) is 0 Å². The lowest BCUT2D eigenvalue weighted by molar-refractivity contribution is 1.13. The second-order valence-electron chi connectivity index (χ2n) is 4.06. The van der Waals surface area contributed by atoms with Crippen molar-refractivity contribution >= 4 is 22.5 Å². The molecule has 0 bridgehead atoms. The van der Waals surface area contributed by atoms with Crippen molar-refractivity contribution in [3.05, 3.63) is 61.1 Å². The summed E-state index contributed by atoms with van der Waals surface area (Å²) in [6, 6.07) is 13.6. The lowest BCUT2D eigenvalue weighted by Gasteiger charge is -2.11. The SMILES string of the molecule is SSc1nccc(-c2ccccn2)c1-c1ccccn1. The van der Waals surface area contributed by atoms with Crippen LogP contribution in [0.15, 0.2) is 66.1 Å². The van der Waals surface area contributed by atoms with E-state index >= 15 is 0 Å². The minimum Gasteiger partial charge on any atom is -0.256 e. The van der Waals surface area contributed by atoms with Gasteiger partial charge in [-0.05, 0) is 41.1 Å². The van der Waals surface area contributed by atoms with Gasteiger partial charge < -0.3 is 0 Å². The Morgan fingerprint density at radius 3 is 2.05 bits per heavy atom. The maximum absolute atomic E-state index is 4.43. The van der Waals surface area contributed by atoms with Crippen molar-refractivity contribution in [2.24, 2.45) is 0 Å². The molecule has 0 amide bonds. The molecule has 3 aromatic rings. The number of hydrogen-bond acceptors (Lipinski definition) is 5. The fourth-order valence-corrected chi connectivity index (χ4v) is 2.83. The molecule has 0 spiro atoms. The number of rotatable bonds is 3. The molecule has 0 aliphatic carbocycles. The van der Waals surface area contributed by atoms with Crippen molar-refractivity contribution in [3.8, 4) is 22.5 Å². The summed E-state index contributed by atoms with van der Waals surface area (Å²) in [6.07, 6.45) is 5.33. The Hall–Kier alpha value is -1.85. The second kappa shape index (κ2) is 6.07. The van der Waals surface area contributed by atoms with Gasteiger partial charge in [0, 0.05) is 29.7 Å². The second-order valence-corrected chi connectivity index (χ2v) is 5.18. The molecule has 20 heavy (non-hydrogen) atoms. The summed E-state index contributed by atoms with van der Waals surface area (Å²) >= 11 is 4.30. The Morgan fingerprint density at radius 2 is 1.45 bits per heavy atom. The molecule has 0 N–H and O–H groups in total. The molecule has 0 saturated heterocycles. The van der Waals surface area contributed by atoms with Gasteiger partial charge in [0.2, 0.25) is 0 Å². The molecule has 5 heteroatoms. The van der Waals surface area contributed by atoms with Crippen LogP contribution < -0.4 is 0 Å². The Kier molecular flexibility index (Phi) is 3.99. The average molecular weight is 297 g/mol. The molecular formula is C15H11N3S2. The maximum atomic E-state index is 4.43. The maximum Gasteiger partial charge on any atom is 0.116 e. The third-order valence-electron chi connectivity index (χ3n) is 2.86. The molecule has 3 aromatic heterocycles. The van der Waals surface area contributed by atoms with Gasteiger partial charge in [0.05, 0.1) is 11.4 Å². The standard InChI is InChI=1S/C15H11N3S2/c19-20-15-14(13-6-2-4-9-17-13)11(7-10-18-15)12-5-1-3-8-16-12/h1-10,19H. The van der Waals surface area contributed by atoms with E-state index in [9.17, 15) is 0 Å². The van der Waals surface area contributed by atoms with Crippen LogP contribution in [0.3, 0.4) is 0 Å². The Bertz CT molecular complexity index is 703. The first-order valence-corrected chi connectivity index (χ1v) is 7.90. The Labute approximate surface area is 126 Å². The van der Waals surface area contributed by atoms with Crippen LogP contribution in [0.4, 0.5) is 0 Å². The number of pyridine rings is 3. The van der Waals surface area contributed by atoms with Crippen LogP contribution in [0.25, 0.3) is 22.5 Å². The van der Waals surface area contributed by atoms with Gasteiger partial charge >= 0.3 is 0 Å². The minimum atomic E-state index is 0.829. The van der Waals surface area contributed by atoms with E-state index in [2.05, 4.69) is 26.6 Å². The normalized spacial score (nSPS) is 10.4. The molecule has 0 fully saturated rings. The van der Waals surface area contributed by atoms with Gasteiger partial charge in [0.1, 0.15) is 5.03 Å². The number of nitrogens with zero attached hydrogens (tertiary/aromatic N) is 3. The summed E-state index contributed by atoms with van der Waals surface area (Å²) in [5.74, 6) is 0. The first kappa shape index (κ1) is 13.1. The van der Waals surface area contributed by atoms with Crippen LogP contribution in [-0.4, -0.2) is 15.0 Å². The number of hydrogen-bond donors (Lipinski definition) is 1. The van der Waals surface area contributed by atoms with Crippen LogP contribution in [-0.2, 0) is 0 Å². The first-order chi connectivity index (χ1) is 9.90. The van der Waals surface area contributed by atoms with Crippen LogP contribution in [0, 0.1) is 0 Å². The predicted octanol–water partition coefficient (Wildman–Crippen LogP) is 4.14. The van der Waals surface area contributed by atoms with Gasteiger partial charge in [-0.1, -0.05) is 12.1 Å².